The zero-order valence-electron chi connectivity index (χ0n) is 17.3. The maximum atomic E-state index is 14.1. The van der Waals surface area contributed by atoms with Crippen molar-refractivity contribution in [2.45, 2.75) is 19.5 Å². The minimum atomic E-state index is -4.67. The molecule has 2 aromatic heterocycles. The average molecular weight is 455 g/mol. The van der Waals surface area contributed by atoms with Crippen molar-refractivity contribution in [3.63, 3.8) is 0 Å². The lowest BCUT2D eigenvalue weighted by Gasteiger charge is -2.13. The van der Waals surface area contributed by atoms with Gasteiger partial charge in [-0.15, -0.1) is 0 Å². The van der Waals surface area contributed by atoms with Gasteiger partial charge >= 0.3 is 6.18 Å². The molecule has 4 rings (SSSR count). The van der Waals surface area contributed by atoms with Gasteiger partial charge in [-0.05, 0) is 55.0 Å². The smallest absolute Gasteiger partial charge is 0.325 e. The van der Waals surface area contributed by atoms with E-state index in [0.29, 0.717) is 33.9 Å². The van der Waals surface area contributed by atoms with Gasteiger partial charge in [0.2, 0.25) is 5.91 Å². The second-order valence-corrected chi connectivity index (χ2v) is 7.39. The van der Waals surface area contributed by atoms with Gasteiger partial charge in [0.1, 0.15) is 5.82 Å². The molecule has 1 amide bonds. The van der Waals surface area contributed by atoms with E-state index in [1.807, 2.05) is 0 Å². The molecule has 9 heteroatoms. The lowest BCUT2D eigenvalue weighted by molar-refractivity contribution is -0.137. The number of benzene rings is 2. The van der Waals surface area contributed by atoms with Crippen LogP contribution in [0.15, 0.2) is 71.8 Å². The van der Waals surface area contributed by atoms with Gasteiger partial charge in [-0.25, -0.2) is 4.39 Å². The van der Waals surface area contributed by atoms with Gasteiger partial charge in [-0.1, -0.05) is 12.1 Å². The van der Waals surface area contributed by atoms with E-state index in [9.17, 15) is 27.2 Å². The Balaban J connectivity index is 1.62. The molecule has 0 aliphatic carbocycles. The first-order chi connectivity index (χ1) is 15.6. The average Bonchev–Trinajstić information content (AvgIpc) is 2.76. The minimum Gasteiger partial charge on any atom is -0.325 e. The molecule has 0 aliphatic rings. The summed E-state index contributed by atoms with van der Waals surface area (Å²) in [6.07, 6.45) is -1.95. The SMILES string of the molecule is Cc1ncccc1-n1ccc2c(NC(=O)Cc3ccc(C(F)(F)F)cc3F)cccc2c1=O. The number of fused-ring (bicyclic) bond motifs is 1. The van der Waals surface area contributed by atoms with Crippen molar-refractivity contribution in [3.8, 4) is 5.69 Å². The summed E-state index contributed by atoms with van der Waals surface area (Å²) in [5.41, 5.74) is 0.0116. The number of amides is 1. The topological polar surface area (TPSA) is 64.0 Å². The van der Waals surface area contributed by atoms with Crippen LogP contribution in [0.1, 0.15) is 16.8 Å². The number of hydrogen-bond acceptors (Lipinski definition) is 3. The van der Waals surface area contributed by atoms with Crippen LogP contribution in [0.25, 0.3) is 16.5 Å². The van der Waals surface area contributed by atoms with Gasteiger partial charge in [0.05, 0.1) is 23.4 Å². The van der Waals surface area contributed by atoms with Crippen LogP contribution in [0.2, 0.25) is 0 Å². The summed E-state index contributed by atoms with van der Waals surface area (Å²) in [6.45, 7) is 1.78. The fraction of sp³-hybridized carbons (Fsp3) is 0.125. The van der Waals surface area contributed by atoms with Crippen molar-refractivity contribution in [2.24, 2.45) is 0 Å². The summed E-state index contributed by atoms with van der Waals surface area (Å²) in [4.78, 5) is 29.7. The van der Waals surface area contributed by atoms with Crippen molar-refractivity contribution in [2.75, 3.05) is 5.32 Å². The molecule has 2 heterocycles. The van der Waals surface area contributed by atoms with Crippen LogP contribution in [-0.4, -0.2) is 15.5 Å². The van der Waals surface area contributed by atoms with E-state index < -0.39 is 29.9 Å². The number of hydrogen-bond donors (Lipinski definition) is 1. The zero-order chi connectivity index (χ0) is 23.8. The largest absolute Gasteiger partial charge is 0.416 e. The lowest BCUT2D eigenvalue weighted by Crippen LogP contribution is -2.20. The molecule has 0 spiro atoms. The molecule has 5 nitrogen and oxygen atoms in total. The van der Waals surface area contributed by atoms with E-state index in [0.717, 1.165) is 12.1 Å². The molecule has 0 aliphatic heterocycles. The number of alkyl halides is 3. The van der Waals surface area contributed by atoms with Crippen LogP contribution in [0, 0.1) is 12.7 Å². The third-order valence-electron chi connectivity index (χ3n) is 5.19. The summed E-state index contributed by atoms with van der Waals surface area (Å²) in [5, 5.41) is 3.44. The number of anilines is 1. The van der Waals surface area contributed by atoms with Crippen LogP contribution in [0.3, 0.4) is 0 Å². The zero-order valence-corrected chi connectivity index (χ0v) is 17.3. The number of pyridine rings is 2. The Bertz CT molecular complexity index is 1430. The predicted molar refractivity (Wildman–Crippen MR) is 116 cm³/mol. The maximum Gasteiger partial charge on any atom is 0.416 e. The summed E-state index contributed by atoms with van der Waals surface area (Å²) in [7, 11) is 0. The van der Waals surface area contributed by atoms with Crippen LogP contribution >= 0.6 is 0 Å². The van der Waals surface area contributed by atoms with E-state index in [2.05, 4.69) is 10.3 Å². The third-order valence-corrected chi connectivity index (χ3v) is 5.19. The molecule has 0 atom stereocenters. The Hall–Kier alpha value is -4.01. The number of nitrogens with one attached hydrogen (secondary N) is 1. The van der Waals surface area contributed by atoms with Gasteiger partial charge in [0, 0.05) is 28.9 Å². The number of rotatable bonds is 4. The van der Waals surface area contributed by atoms with E-state index in [1.54, 1.807) is 55.7 Å². The molecule has 33 heavy (non-hydrogen) atoms. The second kappa shape index (κ2) is 8.50. The number of aromatic nitrogens is 2. The molecule has 0 unspecified atom stereocenters. The highest BCUT2D eigenvalue weighted by atomic mass is 19.4. The van der Waals surface area contributed by atoms with Gasteiger partial charge in [-0.3, -0.25) is 19.1 Å². The van der Waals surface area contributed by atoms with Gasteiger partial charge in [-0.2, -0.15) is 13.2 Å². The number of halogens is 4. The Kier molecular flexibility index (Phi) is 5.71. The summed E-state index contributed by atoms with van der Waals surface area (Å²) < 4.78 is 53.7. The van der Waals surface area contributed by atoms with Gasteiger partial charge in [0.25, 0.3) is 5.56 Å². The molecule has 2 aromatic carbocycles. The molecular formula is C24H17F4N3O2. The molecule has 0 saturated carbocycles. The van der Waals surface area contributed by atoms with Crippen LogP contribution in [0.5, 0.6) is 0 Å². The first-order valence-corrected chi connectivity index (χ1v) is 9.87. The third kappa shape index (κ3) is 4.48. The monoisotopic (exact) mass is 455 g/mol. The Morgan fingerprint density at radius 3 is 2.55 bits per heavy atom. The van der Waals surface area contributed by atoms with Gasteiger partial charge in [0.15, 0.2) is 0 Å². The number of nitrogens with zero attached hydrogens (tertiary/aromatic N) is 2. The number of carbonyl (C=O) groups excluding carboxylic acids is 1. The van der Waals surface area contributed by atoms with E-state index in [4.69, 9.17) is 0 Å². The normalized spacial score (nSPS) is 11.5. The van der Waals surface area contributed by atoms with Crippen LogP contribution < -0.4 is 10.9 Å². The highest BCUT2D eigenvalue weighted by Gasteiger charge is 2.31. The Morgan fingerprint density at radius 2 is 1.85 bits per heavy atom. The summed E-state index contributed by atoms with van der Waals surface area (Å²) in [6, 6.07) is 12.0. The second-order valence-electron chi connectivity index (χ2n) is 7.39. The molecule has 1 N–H and O–H groups in total. The fourth-order valence-electron chi connectivity index (χ4n) is 3.54. The standard InChI is InChI=1S/C24H17F4N3O2/c1-14-21(6-3-10-29-14)31-11-9-17-18(23(31)33)4-2-5-20(17)30-22(32)12-15-7-8-16(13-19(15)25)24(26,27)28/h2-11,13H,12H2,1H3,(H,30,32). The Morgan fingerprint density at radius 1 is 1.06 bits per heavy atom. The van der Waals surface area contributed by atoms with Crippen LogP contribution in [-0.2, 0) is 17.4 Å². The van der Waals surface area contributed by atoms with Gasteiger partial charge < -0.3 is 5.32 Å². The van der Waals surface area contributed by atoms with Crippen LogP contribution in [0.4, 0.5) is 23.2 Å². The highest BCUT2D eigenvalue weighted by molar-refractivity contribution is 6.02. The lowest BCUT2D eigenvalue weighted by atomic mass is 10.1. The Labute approximate surface area is 185 Å². The number of aryl methyl sites for hydroxylation is 1. The quantitative estimate of drug-likeness (QED) is 0.439. The van der Waals surface area contributed by atoms with Crippen molar-refractivity contribution >= 4 is 22.4 Å². The van der Waals surface area contributed by atoms with Crippen molar-refractivity contribution in [1.82, 2.24) is 9.55 Å². The summed E-state index contributed by atoms with van der Waals surface area (Å²) in [5.74, 6) is -1.75. The summed E-state index contributed by atoms with van der Waals surface area (Å²) >= 11 is 0. The highest BCUT2D eigenvalue weighted by Crippen LogP contribution is 2.30. The fourth-order valence-corrected chi connectivity index (χ4v) is 3.54. The molecule has 0 bridgehead atoms. The number of carbonyl (C=O) groups is 1. The molecular weight excluding hydrogens is 438 g/mol. The maximum absolute atomic E-state index is 14.1. The van der Waals surface area contributed by atoms with Crippen molar-refractivity contribution in [3.05, 3.63) is 100.0 Å². The molecule has 0 radical (unpaired) electrons. The van der Waals surface area contributed by atoms with Crippen molar-refractivity contribution < 1.29 is 22.4 Å². The van der Waals surface area contributed by atoms with E-state index in [-0.39, 0.29) is 11.1 Å². The molecule has 168 valence electrons. The molecule has 4 aromatic rings. The van der Waals surface area contributed by atoms with E-state index >= 15 is 0 Å². The first-order valence-electron chi connectivity index (χ1n) is 9.87. The molecule has 0 fully saturated rings. The van der Waals surface area contributed by atoms with Crippen molar-refractivity contribution in [1.29, 1.82) is 0 Å². The predicted octanol–water partition coefficient (Wildman–Crippen LogP) is 5.03. The minimum absolute atomic E-state index is 0.171. The molecule has 0 saturated heterocycles. The van der Waals surface area contributed by atoms with E-state index in [1.165, 1.54) is 4.57 Å². The first kappa shape index (κ1) is 22.2.